The van der Waals surface area contributed by atoms with Crippen LogP contribution in [0.3, 0.4) is 0 Å². The van der Waals surface area contributed by atoms with Gasteiger partial charge in [0.2, 0.25) is 5.91 Å². The molecule has 1 N–H and O–H groups in total. The van der Waals surface area contributed by atoms with Crippen molar-refractivity contribution in [3.63, 3.8) is 0 Å². The lowest BCUT2D eigenvalue weighted by Gasteiger charge is -2.40. The minimum absolute atomic E-state index is 0.0750. The molecule has 2 aliphatic rings. The summed E-state index contributed by atoms with van der Waals surface area (Å²) in [7, 11) is 0. The first-order chi connectivity index (χ1) is 13.3. The molecule has 1 amide bonds. The number of benzene rings is 1. The Hall–Kier alpha value is -2.11. The number of nitrogens with zero attached hydrogens (tertiary/aromatic N) is 3. The van der Waals surface area contributed by atoms with Gasteiger partial charge in [0.15, 0.2) is 0 Å². The number of hydrogen-bond acceptors (Lipinski definition) is 3. The number of likely N-dealkylation sites (tertiary alicyclic amines) is 2. The van der Waals surface area contributed by atoms with E-state index in [1.165, 1.54) is 45.2 Å². The molecule has 2 saturated heterocycles. The van der Waals surface area contributed by atoms with E-state index in [2.05, 4.69) is 15.1 Å². The van der Waals surface area contributed by atoms with Crippen molar-refractivity contribution in [2.45, 2.75) is 38.1 Å². The Morgan fingerprint density at radius 3 is 2.37 bits per heavy atom. The maximum Gasteiger partial charge on any atom is 0.238 e. The fraction of sp³-hybridized carbons (Fsp3) is 0.500. The predicted octanol–water partition coefficient (Wildman–Crippen LogP) is 3.37. The summed E-state index contributed by atoms with van der Waals surface area (Å²) < 4.78 is 2.03. The number of nitrogens with one attached hydrogen (secondary N) is 1. The van der Waals surface area contributed by atoms with Crippen molar-refractivity contribution < 1.29 is 4.79 Å². The normalized spacial score (nSPS) is 19.9. The van der Waals surface area contributed by atoms with E-state index in [1.54, 1.807) is 0 Å². The second-order valence-electron chi connectivity index (χ2n) is 7.76. The summed E-state index contributed by atoms with van der Waals surface area (Å²) in [6.45, 7) is 5.05. The van der Waals surface area contributed by atoms with Crippen LogP contribution in [0.5, 0.6) is 0 Å². The molecule has 0 bridgehead atoms. The van der Waals surface area contributed by atoms with Crippen molar-refractivity contribution >= 4 is 11.6 Å². The first-order valence-corrected chi connectivity index (χ1v) is 10.3. The monoisotopic (exact) mass is 366 g/mol. The molecular weight excluding hydrogens is 336 g/mol. The van der Waals surface area contributed by atoms with Crippen molar-refractivity contribution in [1.82, 2.24) is 14.4 Å². The Bertz CT molecular complexity index is 729. The molecule has 1 aromatic carbocycles. The molecule has 27 heavy (non-hydrogen) atoms. The first-order valence-electron chi connectivity index (χ1n) is 10.3. The number of amides is 1. The lowest BCUT2D eigenvalue weighted by molar-refractivity contribution is -0.117. The van der Waals surface area contributed by atoms with Gasteiger partial charge in [0.25, 0.3) is 0 Å². The van der Waals surface area contributed by atoms with Crippen molar-refractivity contribution in [3.05, 3.63) is 48.8 Å². The molecular formula is C22H30N4O. The zero-order valence-corrected chi connectivity index (χ0v) is 16.0. The molecule has 0 unspecified atom stereocenters. The quantitative estimate of drug-likeness (QED) is 0.882. The van der Waals surface area contributed by atoms with Crippen LogP contribution in [0.2, 0.25) is 0 Å². The molecule has 5 nitrogen and oxygen atoms in total. The number of anilines is 1. The van der Waals surface area contributed by atoms with Crippen LogP contribution in [0.4, 0.5) is 5.69 Å². The highest BCUT2D eigenvalue weighted by Crippen LogP contribution is 2.22. The van der Waals surface area contributed by atoms with E-state index in [0.29, 0.717) is 6.54 Å². The van der Waals surface area contributed by atoms with Crippen LogP contribution in [-0.2, 0) is 4.79 Å². The lowest BCUT2D eigenvalue weighted by atomic mass is 10.00. The number of hydrogen-bond donors (Lipinski definition) is 1. The predicted molar refractivity (Wildman–Crippen MR) is 109 cm³/mol. The van der Waals surface area contributed by atoms with Gasteiger partial charge in [-0.25, -0.2) is 0 Å². The van der Waals surface area contributed by atoms with E-state index in [0.717, 1.165) is 30.5 Å². The minimum Gasteiger partial charge on any atom is -0.323 e. The molecule has 5 heteroatoms. The van der Waals surface area contributed by atoms with Gasteiger partial charge in [-0.15, -0.1) is 0 Å². The van der Waals surface area contributed by atoms with Crippen molar-refractivity contribution in [3.8, 4) is 5.69 Å². The fourth-order valence-corrected chi connectivity index (χ4v) is 4.42. The molecule has 3 heterocycles. The average molecular weight is 367 g/mol. The summed E-state index contributed by atoms with van der Waals surface area (Å²) in [6, 6.07) is 12.7. The van der Waals surface area contributed by atoms with E-state index in [-0.39, 0.29) is 5.91 Å². The Morgan fingerprint density at radius 2 is 1.63 bits per heavy atom. The van der Waals surface area contributed by atoms with Crippen molar-refractivity contribution in [2.24, 2.45) is 0 Å². The van der Waals surface area contributed by atoms with Gasteiger partial charge >= 0.3 is 0 Å². The molecule has 0 aliphatic carbocycles. The second-order valence-corrected chi connectivity index (χ2v) is 7.76. The maximum absolute atomic E-state index is 12.6. The van der Waals surface area contributed by atoms with Gasteiger partial charge in [-0.3, -0.25) is 9.69 Å². The molecule has 2 aliphatic heterocycles. The number of carbonyl (C=O) groups is 1. The zero-order chi connectivity index (χ0) is 18.5. The average Bonchev–Trinajstić information content (AvgIpc) is 3.24. The van der Waals surface area contributed by atoms with Crippen LogP contribution in [0.15, 0.2) is 48.8 Å². The van der Waals surface area contributed by atoms with Crippen molar-refractivity contribution in [2.75, 3.05) is 38.0 Å². The summed E-state index contributed by atoms with van der Waals surface area (Å²) in [6.07, 6.45) is 10.5. The first kappa shape index (κ1) is 18.3. The highest BCUT2D eigenvalue weighted by molar-refractivity contribution is 5.94. The van der Waals surface area contributed by atoms with Gasteiger partial charge in [0, 0.05) is 31.5 Å². The topological polar surface area (TPSA) is 40.5 Å². The summed E-state index contributed by atoms with van der Waals surface area (Å²) >= 11 is 0. The summed E-state index contributed by atoms with van der Waals surface area (Å²) in [4.78, 5) is 17.6. The van der Waals surface area contributed by atoms with Gasteiger partial charge < -0.3 is 14.8 Å². The van der Waals surface area contributed by atoms with Gasteiger partial charge in [-0.05, 0) is 63.0 Å². The van der Waals surface area contributed by atoms with E-state index in [1.807, 2.05) is 53.4 Å². The molecule has 2 fully saturated rings. The van der Waals surface area contributed by atoms with E-state index < -0.39 is 0 Å². The molecule has 0 radical (unpaired) electrons. The van der Waals surface area contributed by atoms with Gasteiger partial charge in [-0.2, -0.15) is 0 Å². The third kappa shape index (κ3) is 4.60. The Morgan fingerprint density at radius 1 is 0.926 bits per heavy atom. The smallest absolute Gasteiger partial charge is 0.238 e. The van der Waals surface area contributed by atoms with Gasteiger partial charge in [0.1, 0.15) is 0 Å². The van der Waals surface area contributed by atoms with Gasteiger partial charge in [0.05, 0.1) is 17.9 Å². The number of piperidine rings is 2. The van der Waals surface area contributed by atoms with Crippen LogP contribution in [0, 0.1) is 0 Å². The lowest BCUT2D eigenvalue weighted by Crippen LogP contribution is -2.48. The standard InChI is InChI=1S/C22H30N4O/c27-22(23-20-8-2-3-9-21(20)26-14-6-7-15-26)18-24-16-10-19(11-17-24)25-12-4-1-5-13-25/h2-3,6-9,14-15,19H,1,4-5,10-13,16-18H2,(H,23,27). The van der Waals surface area contributed by atoms with Gasteiger partial charge in [-0.1, -0.05) is 18.6 Å². The Kier molecular flexibility index (Phi) is 5.90. The number of carbonyl (C=O) groups excluding carboxylic acids is 1. The molecule has 0 atom stereocenters. The molecule has 4 rings (SSSR count). The largest absolute Gasteiger partial charge is 0.323 e. The second kappa shape index (κ2) is 8.72. The maximum atomic E-state index is 12.6. The van der Waals surface area contributed by atoms with Crippen LogP contribution >= 0.6 is 0 Å². The highest BCUT2D eigenvalue weighted by Gasteiger charge is 2.26. The molecule has 144 valence electrons. The SMILES string of the molecule is O=C(CN1CCC(N2CCCCC2)CC1)Nc1ccccc1-n1cccc1. The zero-order valence-electron chi connectivity index (χ0n) is 16.0. The molecule has 0 spiro atoms. The molecule has 0 saturated carbocycles. The Balaban J connectivity index is 1.29. The van der Waals surface area contributed by atoms with Crippen LogP contribution < -0.4 is 5.32 Å². The number of aromatic nitrogens is 1. The fourth-order valence-electron chi connectivity index (χ4n) is 4.42. The number of rotatable bonds is 5. The third-order valence-electron chi connectivity index (χ3n) is 5.89. The van der Waals surface area contributed by atoms with Crippen molar-refractivity contribution in [1.29, 1.82) is 0 Å². The third-order valence-corrected chi connectivity index (χ3v) is 5.89. The van der Waals surface area contributed by atoms with Crippen LogP contribution in [0.1, 0.15) is 32.1 Å². The highest BCUT2D eigenvalue weighted by atomic mass is 16.2. The summed E-state index contributed by atoms with van der Waals surface area (Å²) in [5.41, 5.74) is 1.86. The minimum atomic E-state index is 0.0750. The molecule has 2 aromatic rings. The summed E-state index contributed by atoms with van der Waals surface area (Å²) in [5.74, 6) is 0.0750. The summed E-state index contributed by atoms with van der Waals surface area (Å²) in [5, 5.41) is 3.11. The number of para-hydroxylation sites is 2. The van der Waals surface area contributed by atoms with E-state index in [9.17, 15) is 4.79 Å². The van der Waals surface area contributed by atoms with E-state index >= 15 is 0 Å². The van der Waals surface area contributed by atoms with Crippen LogP contribution in [0.25, 0.3) is 5.69 Å². The van der Waals surface area contributed by atoms with Crippen LogP contribution in [-0.4, -0.2) is 59.0 Å². The Labute approximate surface area is 162 Å². The van der Waals surface area contributed by atoms with E-state index in [4.69, 9.17) is 0 Å². The molecule has 1 aromatic heterocycles.